The Bertz CT molecular complexity index is 2040. The molecule has 37 heavy (non-hydrogen) atoms. The highest BCUT2D eigenvalue weighted by molar-refractivity contribution is 6.14. The van der Waals surface area contributed by atoms with Crippen LogP contribution in [0.1, 0.15) is 18.9 Å². The van der Waals surface area contributed by atoms with Crippen molar-refractivity contribution in [3.05, 3.63) is 133 Å². The Kier molecular flexibility index (Phi) is 4.96. The maximum Gasteiger partial charge on any atom is 0.0337 e. The molecule has 7 rings (SSSR count). The van der Waals surface area contributed by atoms with Crippen LogP contribution in [0.5, 0.6) is 0 Å². The molecule has 0 aliphatic rings. The van der Waals surface area contributed by atoms with Crippen LogP contribution in [0.4, 0.5) is 0 Å². The number of benzene rings is 6. The zero-order valence-electron chi connectivity index (χ0n) is 20.6. The average Bonchev–Trinajstić information content (AvgIpc) is 2.92. The Morgan fingerprint density at radius 1 is 0.486 bits per heavy atom. The molecular formula is C37H22. The van der Waals surface area contributed by atoms with E-state index >= 15 is 0 Å². The molecule has 0 unspecified atom stereocenters. The molecule has 0 atom stereocenters. The van der Waals surface area contributed by atoms with Gasteiger partial charge in [-0.3, -0.25) is 0 Å². The van der Waals surface area contributed by atoms with Gasteiger partial charge in [0.2, 0.25) is 0 Å². The predicted octanol–water partition coefficient (Wildman–Crippen LogP) is 9.48. The van der Waals surface area contributed by atoms with Gasteiger partial charge in [0.15, 0.2) is 0 Å². The van der Waals surface area contributed by atoms with Crippen molar-refractivity contribution < 1.29 is 0 Å². The molecule has 0 aromatic heterocycles. The average molecular weight is 467 g/mol. The lowest BCUT2D eigenvalue weighted by Gasteiger charge is -2.12. The third-order valence-electron chi connectivity index (χ3n) is 7.28. The molecule has 0 aliphatic carbocycles. The van der Waals surface area contributed by atoms with Crippen LogP contribution in [0.15, 0.2) is 91.0 Å². The zero-order valence-corrected chi connectivity index (χ0v) is 20.6. The lowest BCUT2D eigenvalue weighted by atomic mass is 9.91. The lowest BCUT2D eigenvalue weighted by molar-refractivity contribution is 0.937. The van der Waals surface area contributed by atoms with Gasteiger partial charge < -0.3 is 0 Å². The quantitative estimate of drug-likeness (QED) is 0.223. The van der Waals surface area contributed by atoms with Crippen LogP contribution in [0.3, 0.4) is 0 Å². The molecule has 0 heteroatoms. The van der Waals surface area contributed by atoms with E-state index in [9.17, 15) is 0 Å². The second-order valence-electron chi connectivity index (χ2n) is 9.57. The third-order valence-corrected chi connectivity index (χ3v) is 7.28. The summed E-state index contributed by atoms with van der Waals surface area (Å²) in [5.41, 5.74) is 1.33. The maximum atomic E-state index is 3.57. The van der Waals surface area contributed by atoms with Crippen LogP contribution >= 0.6 is 0 Å². The highest BCUT2D eigenvalue weighted by Gasteiger charge is 2.10. The first-order valence-electron chi connectivity index (χ1n) is 12.8. The minimum absolute atomic E-state index is 0.969. The van der Waals surface area contributed by atoms with Crippen molar-refractivity contribution in [3.8, 4) is 0 Å². The van der Waals surface area contributed by atoms with E-state index in [2.05, 4.69) is 134 Å². The normalized spacial score (nSPS) is 10.9. The fourth-order valence-electron chi connectivity index (χ4n) is 5.66. The summed E-state index contributed by atoms with van der Waals surface area (Å²) in [4.78, 5) is 0. The summed E-state index contributed by atoms with van der Waals surface area (Å²) in [6.07, 6.45) is 2.02. The largest absolute Gasteiger partial charge is 0.0651 e. The van der Waals surface area contributed by atoms with Crippen molar-refractivity contribution in [1.29, 1.82) is 0 Å². The van der Waals surface area contributed by atoms with Gasteiger partial charge in [-0.1, -0.05) is 86.1 Å². The summed E-state index contributed by atoms with van der Waals surface area (Å²) < 4.78 is 0. The number of hydrogen-bond donors (Lipinski definition) is 0. The first-order valence-corrected chi connectivity index (χ1v) is 12.8. The fourth-order valence-corrected chi connectivity index (χ4v) is 5.66. The summed E-state index contributed by atoms with van der Waals surface area (Å²) in [6.45, 7) is 2.24. The van der Waals surface area contributed by atoms with E-state index in [1.807, 2.05) is 0 Å². The lowest BCUT2D eigenvalue weighted by Crippen LogP contribution is -1.90. The molecule has 0 amide bonds. The van der Waals surface area contributed by atoms with Gasteiger partial charge in [-0.2, -0.15) is 0 Å². The first kappa shape index (κ1) is 21.3. The van der Waals surface area contributed by atoms with Crippen LogP contribution in [0.2, 0.25) is 0 Å². The Morgan fingerprint density at radius 2 is 0.946 bits per heavy atom. The van der Waals surface area contributed by atoms with Crippen molar-refractivity contribution >= 4 is 64.6 Å². The molecule has 0 saturated carbocycles. The van der Waals surface area contributed by atoms with Crippen LogP contribution in [0, 0.1) is 36.4 Å². The minimum atomic E-state index is 0.969. The summed E-state index contributed by atoms with van der Waals surface area (Å²) in [5, 5.41) is 13.7. The first-order chi connectivity index (χ1) is 18.3. The Labute approximate surface area is 217 Å². The SMILES string of the molecule is CCCc1c2c3c#cc#cc4cccc5cc6cccc(c#cc7cccc(cc2ccc3)c17)c6cc45. The zero-order chi connectivity index (χ0) is 24.8. The van der Waals surface area contributed by atoms with Gasteiger partial charge >= 0.3 is 0 Å². The summed E-state index contributed by atoms with van der Waals surface area (Å²) >= 11 is 0. The highest BCUT2D eigenvalue weighted by Crippen LogP contribution is 2.34. The van der Waals surface area contributed by atoms with Gasteiger partial charge in [-0.15, -0.1) is 0 Å². The molecule has 0 N–H and O–H groups in total. The maximum absolute atomic E-state index is 3.57. The van der Waals surface area contributed by atoms with E-state index in [0.717, 1.165) is 45.2 Å². The third kappa shape index (κ3) is 3.54. The molecule has 7 aromatic carbocycles. The van der Waals surface area contributed by atoms with E-state index < -0.39 is 0 Å². The van der Waals surface area contributed by atoms with E-state index in [-0.39, 0.29) is 0 Å². The molecule has 170 valence electrons. The van der Waals surface area contributed by atoms with Gasteiger partial charge in [-0.05, 0) is 98.9 Å². The summed E-state index contributed by atoms with van der Waals surface area (Å²) in [7, 11) is 0. The van der Waals surface area contributed by atoms with E-state index in [1.54, 1.807) is 0 Å². The van der Waals surface area contributed by atoms with Crippen molar-refractivity contribution in [2.75, 3.05) is 0 Å². The van der Waals surface area contributed by atoms with Crippen LogP contribution in [-0.2, 0) is 6.42 Å². The van der Waals surface area contributed by atoms with Crippen molar-refractivity contribution in [2.45, 2.75) is 19.8 Å². The van der Waals surface area contributed by atoms with Gasteiger partial charge in [-0.25, -0.2) is 0 Å². The molecule has 0 heterocycles. The minimum Gasteiger partial charge on any atom is -0.0651 e. The molecule has 0 fully saturated rings. The monoisotopic (exact) mass is 466 g/mol. The molecule has 0 spiro atoms. The molecule has 7 aromatic rings. The fraction of sp³-hybridized carbons (Fsp3) is 0.0811. The van der Waals surface area contributed by atoms with Crippen LogP contribution in [-0.4, -0.2) is 0 Å². The van der Waals surface area contributed by atoms with Crippen molar-refractivity contribution in [2.24, 2.45) is 0 Å². The molecule has 0 radical (unpaired) electrons. The number of rotatable bonds is 2. The second-order valence-corrected chi connectivity index (χ2v) is 9.57. The number of hydrogen-bond acceptors (Lipinski definition) is 0. The van der Waals surface area contributed by atoms with Crippen LogP contribution < -0.4 is 0 Å². The Hall–Kier alpha value is -4.96. The van der Waals surface area contributed by atoms with Gasteiger partial charge in [0.1, 0.15) is 0 Å². The molecule has 0 aliphatic heterocycles. The predicted molar refractivity (Wildman–Crippen MR) is 156 cm³/mol. The Morgan fingerprint density at radius 3 is 1.57 bits per heavy atom. The smallest absolute Gasteiger partial charge is 0.0337 e. The van der Waals surface area contributed by atoms with Gasteiger partial charge in [0.25, 0.3) is 0 Å². The molecule has 0 saturated heterocycles. The molecular weight excluding hydrogens is 444 g/mol. The van der Waals surface area contributed by atoms with E-state index in [0.29, 0.717) is 0 Å². The van der Waals surface area contributed by atoms with Crippen molar-refractivity contribution in [1.82, 2.24) is 0 Å². The van der Waals surface area contributed by atoms with Crippen molar-refractivity contribution in [3.63, 3.8) is 0 Å². The Balaban J connectivity index is 1.73. The second kappa shape index (κ2) is 8.61. The highest BCUT2D eigenvalue weighted by atomic mass is 14.1. The van der Waals surface area contributed by atoms with Gasteiger partial charge in [0.05, 0.1) is 0 Å². The summed E-state index contributed by atoms with van der Waals surface area (Å²) in [6, 6.07) is 52.4. The topological polar surface area (TPSA) is 0 Å². The van der Waals surface area contributed by atoms with E-state index in [4.69, 9.17) is 0 Å². The van der Waals surface area contributed by atoms with E-state index in [1.165, 1.54) is 37.9 Å². The summed E-state index contributed by atoms with van der Waals surface area (Å²) in [5.74, 6) is 0. The van der Waals surface area contributed by atoms with Gasteiger partial charge in [0, 0.05) is 32.3 Å². The molecule has 0 nitrogen and oxygen atoms in total. The van der Waals surface area contributed by atoms with Crippen LogP contribution in [0.25, 0.3) is 64.6 Å². The standard InChI is InChI=1S/C37H22/c1-2-9-33-36-27-11-4-3-10-25-12-5-16-29-22-30-17-6-13-26(35(30)24-34(25)29)20-21-28-15-8-19-32(37(28)33)23-31(36)18-7-14-27/h5-8,12-19,22-24H,2,9H2,1H3. The molecule has 4 bridgehead atoms. The number of aryl methyl sites for hydroxylation is 1.